The van der Waals surface area contributed by atoms with Crippen molar-refractivity contribution in [3.05, 3.63) is 0 Å². The van der Waals surface area contributed by atoms with Gasteiger partial charge in [-0.05, 0) is 0 Å². The summed E-state index contributed by atoms with van der Waals surface area (Å²) < 4.78 is 4.21. The highest BCUT2D eigenvalue weighted by atomic mass is 32.1. The van der Waals surface area contributed by atoms with Gasteiger partial charge in [-0.25, -0.2) is 0 Å². The van der Waals surface area contributed by atoms with Crippen molar-refractivity contribution in [2.45, 2.75) is 6.04 Å². The molecule has 0 aliphatic carbocycles. The zero-order valence-electron chi connectivity index (χ0n) is 4.20. The second-order valence-electron chi connectivity index (χ2n) is 1.23. The van der Waals surface area contributed by atoms with Gasteiger partial charge in [0.2, 0.25) is 0 Å². The summed E-state index contributed by atoms with van der Waals surface area (Å²) in [6.45, 7) is 0. The second kappa shape index (κ2) is 4.13. The third kappa shape index (κ3) is 2.50. The molecule has 0 amide bonds. The van der Waals surface area contributed by atoms with Crippen LogP contribution in [0.25, 0.3) is 0 Å². The van der Waals surface area contributed by atoms with Crippen molar-refractivity contribution in [2.24, 2.45) is 5.73 Å². The molecule has 0 aromatic carbocycles. The predicted molar refractivity (Wildman–Crippen MR) is 37.6 cm³/mol. The molecule has 0 heterocycles. The van der Waals surface area contributed by atoms with Gasteiger partial charge in [0, 0.05) is 5.75 Å². The Bertz CT molecular complexity index is 89.4. The van der Waals surface area contributed by atoms with Gasteiger partial charge in [0.15, 0.2) is 0 Å². The Morgan fingerprint density at radius 1 is 2.00 bits per heavy atom. The molecular weight excluding hydrogens is 145 g/mol. The van der Waals surface area contributed by atoms with Gasteiger partial charge in [0.05, 0.1) is 9.47 Å². The molecule has 2 N–H and O–H groups in total. The Hall–Kier alpha value is 0.210. The largest absolute Gasteiger partial charge is 0.450 e. The zero-order valence-corrected chi connectivity index (χ0v) is 6.25. The minimum absolute atomic E-state index is 0.313. The lowest BCUT2D eigenvalue weighted by atomic mass is 10.4. The quantitative estimate of drug-likeness (QED) is 0.418. The van der Waals surface area contributed by atoms with Gasteiger partial charge >= 0.3 is 5.97 Å². The van der Waals surface area contributed by atoms with Crippen molar-refractivity contribution in [1.82, 2.24) is 0 Å². The van der Waals surface area contributed by atoms with Gasteiger partial charge in [-0.15, -0.1) is 0 Å². The van der Waals surface area contributed by atoms with E-state index in [2.05, 4.69) is 17.2 Å². The number of carbonyl (C=O) groups excluding carboxylic acids is 1. The summed E-state index contributed by atoms with van der Waals surface area (Å²) in [6.07, 6.45) is 0. The van der Waals surface area contributed by atoms with Crippen LogP contribution in [0.15, 0.2) is 0 Å². The highest BCUT2D eigenvalue weighted by Crippen LogP contribution is 1.92. The molecule has 0 aliphatic rings. The second-order valence-corrected chi connectivity index (χ2v) is 1.83. The molecule has 0 aliphatic heterocycles. The van der Waals surface area contributed by atoms with E-state index in [0.717, 1.165) is 0 Å². The average Bonchev–Trinajstić information content (AvgIpc) is 1.84. The highest BCUT2D eigenvalue weighted by Gasteiger charge is 2.09. The van der Waals surface area contributed by atoms with Crippen LogP contribution < -0.4 is 5.73 Å². The van der Waals surface area contributed by atoms with Crippen LogP contribution in [-0.2, 0) is 9.32 Å². The molecule has 0 aromatic rings. The van der Waals surface area contributed by atoms with Crippen molar-refractivity contribution >= 4 is 28.1 Å². The Kier molecular flexibility index (Phi) is 4.23. The van der Waals surface area contributed by atoms with E-state index >= 15 is 0 Å². The minimum Gasteiger partial charge on any atom is -0.450 e. The number of rotatable bonds is 2. The van der Waals surface area contributed by atoms with E-state index < -0.39 is 12.0 Å². The third-order valence-electron chi connectivity index (χ3n) is 0.616. The van der Waals surface area contributed by atoms with E-state index in [9.17, 15) is 4.79 Å². The lowest BCUT2D eigenvalue weighted by Gasteiger charge is -2.02. The van der Waals surface area contributed by atoms with Gasteiger partial charge in [0.1, 0.15) is 6.04 Å². The fraction of sp³-hybridized carbons (Fsp3) is 0.667. The molecule has 0 spiro atoms. The van der Waals surface area contributed by atoms with Gasteiger partial charge < -0.3 is 10.3 Å². The molecular formula is C3H8NO2PS. The Balaban J connectivity index is 3.46. The Morgan fingerprint density at radius 3 is 2.62 bits per heavy atom. The predicted octanol–water partition coefficient (Wildman–Crippen LogP) is -0.423. The summed E-state index contributed by atoms with van der Waals surface area (Å²) >= 11 is 3.77. The van der Waals surface area contributed by atoms with Crippen molar-refractivity contribution in [3.8, 4) is 0 Å². The number of nitrogens with two attached hydrogens (primary N) is 1. The molecule has 0 saturated carbocycles. The number of carbonyl (C=O) groups is 1. The van der Waals surface area contributed by atoms with E-state index in [4.69, 9.17) is 5.73 Å². The highest BCUT2D eigenvalue weighted by molar-refractivity contribution is 7.80. The fourth-order valence-corrected chi connectivity index (χ4v) is 0.486. The topological polar surface area (TPSA) is 52.3 Å². The van der Waals surface area contributed by atoms with E-state index in [1.54, 1.807) is 0 Å². The summed E-state index contributed by atoms with van der Waals surface area (Å²) in [7, 11) is 1.83. The van der Waals surface area contributed by atoms with Gasteiger partial charge in [0.25, 0.3) is 0 Å². The maximum Gasteiger partial charge on any atom is 0.325 e. The minimum atomic E-state index is -0.601. The maximum atomic E-state index is 10.3. The molecule has 0 rings (SSSR count). The van der Waals surface area contributed by atoms with Crippen molar-refractivity contribution < 1.29 is 9.32 Å². The van der Waals surface area contributed by atoms with Crippen LogP contribution in [0.4, 0.5) is 0 Å². The first-order chi connectivity index (χ1) is 3.72. The Labute approximate surface area is 55.7 Å². The molecule has 5 heteroatoms. The monoisotopic (exact) mass is 153 g/mol. The van der Waals surface area contributed by atoms with Gasteiger partial charge in [-0.1, -0.05) is 0 Å². The maximum absolute atomic E-state index is 10.3. The average molecular weight is 153 g/mol. The summed E-state index contributed by atoms with van der Waals surface area (Å²) in [4.78, 5) is 10.3. The molecule has 0 saturated heterocycles. The van der Waals surface area contributed by atoms with Crippen LogP contribution in [0.3, 0.4) is 0 Å². The van der Waals surface area contributed by atoms with E-state index in [0.29, 0.717) is 5.75 Å². The summed E-state index contributed by atoms with van der Waals surface area (Å²) in [5.74, 6) is -0.141. The van der Waals surface area contributed by atoms with Gasteiger partial charge in [-0.3, -0.25) is 4.79 Å². The van der Waals surface area contributed by atoms with Crippen molar-refractivity contribution in [1.29, 1.82) is 0 Å². The number of hydrogen-bond acceptors (Lipinski definition) is 4. The van der Waals surface area contributed by atoms with Crippen LogP contribution in [-0.4, -0.2) is 17.8 Å². The van der Waals surface area contributed by atoms with Crippen LogP contribution in [0.5, 0.6) is 0 Å². The molecule has 48 valence electrons. The molecule has 3 nitrogen and oxygen atoms in total. The summed E-state index contributed by atoms with van der Waals surface area (Å²) in [6, 6.07) is -0.601. The molecule has 0 radical (unpaired) electrons. The zero-order chi connectivity index (χ0) is 6.57. The van der Waals surface area contributed by atoms with Crippen molar-refractivity contribution in [3.63, 3.8) is 0 Å². The van der Waals surface area contributed by atoms with Crippen LogP contribution in [0.2, 0.25) is 0 Å². The number of thiol groups is 1. The molecule has 8 heavy (non-hydrogen) atoms. The summed E-state index contributed by atoms with van der Waals surface area (Å²) in [5, 5.41) is 0. The lowest BCUT2D eigenvalue weighted by Crippen LogP contribution is -2.31. The van der Waals surface area contributed by atoms with Crippen LogP contribution in [0.1, 0.15) is 0 Å². The van der Waals surface area contributed by atoms with E-state index in [1.807, 2.05) is 9.47 Å². The SMILES string of the molecule is NC(CS)C(=O)OP. The van der Waals surface area contributed by atoms with Crippen LogP contribution >= 0.6 is 22.1 Å². The number of hydrogen-bond donors (Lipinski definition) is 2. The normalized spacial score (nSPS) is 12.9. The first-order valence-electron chi connectivity index (χ1n) is 1.99. The lowest BCUT2D eigenvalue weighted by molar-refractivity contribution is -0.134. The van der Waals surface area contributed by atoms with E-state index in [-0.39, 0.29) is 0 Å². The molecule has 2 atom stereocenters. The Morgan fingerprint density at radius 2 is 2.50 bits per heavy atom. The van der Waals surface area contributed by atoms with Crippen molar-refractivity contribution in [2.75, 3.05) is 5.75 Å². The molecule has 0 aromatic heterocycles. The standard InChI is InChI=1S/C3H8NO2PS/c4-2(1-8)3(5)6-7/h2,8H,1,4,7H2. The first-order valence-corrected chi connectivity index (χ1v) is 3.09. The smallest absolute Gasteiger partial charge is 0.325 e. The molecule has 2 unspecified atom stereocenters. The molecule has 0 bridgehead atoms. The third-order valence-corrected chi connectivity index (χ3v) is 1.24. The first kappa shape index (κ1) is 8.21. The van der Waals surface area contributed by atoms with Gasteiger partial charge in [-0.2, -0.15) is 12.6 Å². The van der Waals surface area contributed by atoms with Crippen LogP contribution in [0, 0.1) is 0 Å². The molecule has 0 fully saturated rings. The van der Waals surface area contributed by atoms with E-state index in [1.165, 1.54) is 0 Å². The fourth-order valence-electron chi connectivity index (χ4n) is 0.162. The summed E-state index contributed by atoms with van der Waals surface area (Å²) in [5.41, 5.74) is 5.16.